The summed E-state index contributed by atoms with van der Waals surface area (Å²) in [4.78, 5) is 10.8. The predicted octanol–water partition coefficient (Wildman–Crippen LogP) is 32.9. The molecule has 0 aromatic heterocycles. The van der Waals surface area contributed by atoms with Gasteiger partial charge >= 0.3 is 0 Å². The normalized spacial score (nSPS) is 25.3. The van der Waals surface area contributed by atoms with Crippen LogP contribution in [0.15, 0.2) is 328 Å². The van der Waals surface area contributed by atoms with Gasteiger partial charge in [-0.2, -0.15) is 0 Å². The zero-order valence-electron chi connectivity index (χ0n) is 73.3. The van der Waals surface area contributed by atoms with E-state index in [-0.39, 0.29) is 43.8 Å². The summed E-state index contributed by atoms with van der Waals surface area (Å²) in [7, 11) is 0. The van der Waals surface area contributed by atoms with Crippen molar-refractivity contribution >= 4 is 77.8 Å². The number of anilines is 8. The fourth-order valence-electron chi connectivity index (χ4n) is 26.9. The summed E-state index contributed by atoms with van der Waals surface area (Å²) in [6.07, 6.45) is 19.4. The highest BCUT2D eigenvalue weighted by molar-refractivity contribution is 6.32. The molecule has 0 amide bonds. The van der Waals surface area contributed by atoms with E-state index in [1.807, 2.05) is 0 Å². The highest BCUT2D eigenvalue weighted by Gasteiger charge is 2.62. The standard InChI is InChI=1S/C120H110N4/c1-113-65-21-25-69-117(113,5)121(91-29-13-9-14-30-91)107-61-53-87(73-103(107)113)79-37-45-83(46-38-79)99-77-100(84-47-39-80(40-48-84)88-54-62-108-104(74-88)114(2)66-22-26-70-118(114,6)122(108)92-31-15-10-16-32-92)96-59-60-98-102(86-51-43-82(44-52-86)90-56-64-110-106(76-90)116(4)68-24-28-72-120(116,8)124(110)94-35-19-12-20-36-94)78-101(97-58-57-95(99)111(96)112(97)98)85-49-41-81(42-50-85)89-55-63-109-105(75-89)115(3)67-23-27-71-119(115,7)123(109)93-33-17-11-18-34-93/h9-20,29-64,73-78H,21-28,65-72H2,1-8H3. The molecule has 0 saturated heterocycles. The molecule has 4 heterocycles. The molecular weight excluding hydrogens is 1500 g/mol. The molecule has 0 N–H and O–H groups in total. The molecule has 4 nitrogen and oxygen atoms in total. The van der Waals surface area contributed by atoms with Crippen LogP contribution in [0.3, 0.4) is 0 Å². The van der Waals surface area contributed by atoms with E-state index in [9.17, 15) is 0 Å². The van der Waals surface area contributed by atoms with Crippen LogP contribution in [-0.2, 0) is 21.7 Å². The van der Waals surface area contributed by atoms with Crippen molar-refractivity contribution in [1.82, 2.24) is 0 Å². The minimum atomic E-state index is -0.0253. The molecule has 610 valence electrons. The maximum absolute atomic E-state index is 2.70. The second kappa shape index (κ2) is 27.6. The maximum atomic E-state index is 2.70. The molecule has 16 aromatic carbocycles. The summed E-state index contributed by atoms with van der Waals surface area (Å²) in [5.74, 6) is 0. The molecule has 24 rings (SSSR count). The Balaban J connectivity index is 0.673. The lowest BCUT2D eigenvalue weighted by Crippen LogP contribution is -2.54. The van der Waals surface area contributed by atoms with Gasteiger partial charge in [0.05, 0.1) is 22.2 Å². The largest absolute Gasteiger partial charge is 0.334 e. The Morgan fingerprint density at radius 3 is 0.573 bits per heavy atom. The second-order valence-corrected chi connectivity index (χ2v) is 40.2. The Labute approximate surface area is 733 Å². The van der Waals surface area contributed by atoms with E-state index >= 15 is 0 Å². The lowest BCUT2D eigenvalue weighted by atomic mass is 9.61. The van der Waals surface area contributed by atoms with Crippen molar-refractivity contribution in [2.45, 2.75) is 202 Å². The van der Waals surface area contributed by atoms with E-state index in [1.54, 1.807) is 0 Å². The Morgan fingerprint density at radius 1 is 0.177 bits per heavy atom. The Morgan fingerprint density at radius 2 is 0.363 bits per heavy atom. The van der Waals surface area contributed by atoms with E-state index in [4.69, 9.17) is 0 Å². The van der Waals surface area contributed by atoms with Crippen molar-refractivity contribution in [2.75, 3.05) is 19.6 Å². The van der Waals surface area contributed by atoms with Gasteiger partial charge in [-0.3, -0.25) is 0 Å². The fourth-order valence-corrected chi connectivity index (χ4v) is 26.9. The third-order valence-corrected chi connectivity index (χ3v) is 34.5. The summed E-state index contributed by atoms with van der Waals surface area (Å²) in [5, 5.41) is 7.66. The van der Waals surface area contributed by atoms with Gasteiger partial charge in [0, 0.05) is 67.2 Å². The van der Waals surface area contributed by atoms with Crippen molar-refractivity contribution in [2.24, 2.45) is 0 Å². The number of rotatable bonds is 12. The molecule has 8 atom stereocenters. The molecule has 0 radical (unpaired) electrons. The summed E-state index contributed by atoms with van der Waals surface area (Å²) < 4.78 is 0. The molecule has 4 aliphatic heterocycles. The van der Waals surface area contributed by atoms with Crippen LogP contribution in [0.1, 0.15) is 180 Å². The van der Waals surface area contributed by atoms with Gasteiger partial charge < -0.3 is 19.6 Å². The molecule has 124 heavy (non-hydrogen) atoms. The molecule has 16 aromatic rings. The van der Waals surface area contributed by atoms with Crippen LogP contribution in [0, 0.1) is 0 Å². The number of hydrogen-bond donors (Lipinski definition) is 0. The minimum absolute atomic E-state index is 0.00685. The third kappa shape index (κ3) is 10.6. The Bertz CT molecular complexity index is 6110. The van der Waals surface area contributed by atoms with Crippen molar-refractivity contribution < 1.29 is 0 Å². The van der Waals surface area contributed by atoms with Gasteiger partial charge in [0.1, 0.15) is 0 Å². The second-order valence-electron chi connectivity index (χ2n) is 40.2. The molecular formula is C120H110N4. The molecule has 4 aliphatic carbocycles. The van der Waals surface area contributed by atoms with Crippen molar-refractivity contribution in [3.63, 3.8) is 0 Å². The van der Waals surface area contributed by atoms with E-state index in [1.165, 1.54) is 292 Å². The van der Waals surface area contributed by atoms with Crippen LogP contribution >= 0.6 is 0 Å². The van der Waals surface area contributed by atoms with Crippen LogP contribution in [-0.4, -0.2) is 22.2 Å². The SMILES string of the molecule is CC12CCCCC1(C)N(c1ccccc1)c1ccc(-c3ccc(-c4cc(-c5ccc(-c6ccc7c(c6)C6(C)CCCCC6(C)N7c6ccccc6)cc5)c5ccc6c(-c7ccc(-c8ccc9c(c8)C8(C)CCCCC8(C)N9c8ccccc8)cc7)cc(-c7ccc(-c8ccc9c(c8)C8(C)CCCCC8(C)N9c8ccccc8)cc7)c7ccc4c5c76)cc3)cc12. The highest BCUT2D eigenvalue weighted by Crippen LogP contribution is 2.67. The summed E-state index contributed by atoms with van der Waals surface area (Å²) in [5.41, 5.74) is 36.3. The first-order valence-electron chi connectivity index (χ1n) is 46.6. The van der Waals surface area contributed by atoms with Crippen LogP contribution in [0.4, 0.5) is 45.5 Å². The van der Waals surface area contributed by atoms with E-state index in [0.29, 0.717) is 0 Å². The molecule has 4 heteroatoms. The van der Waals surface area contributed by atoms with Gasteiger partial charge in [0.2, 0.25) is 0 Å². The lowest BCUT2D eigenvalue weighted by molar-refractivity contribution is 0.195. The zero-order valence-corrected chi connectivity index (χ0v) is 73.3. The van der Waals surface area contributed by atoms with Gasteiger partial charge in [0.15, 0.2) is 0 Å². The smallest absolute Gasteiger partial charge is 0.0517 e. The first-order valence-corrected chi connectivity index (χ1v) is 46.6. The molecule has 4 fully saturated rings. The fraction of sp³-hybridized carbons (Fsp3) is 0.267. The number of nitrogens with zero attached hydrogens (tertiary/aromatic N) is 4. The van der Waals surface area contributed by atoms with Crippen LogP contribution in [0.5, 0.6) is 0 Å². The summed E-state index contributed by atoms with van der Waals surface area (Å²) in [6.45, 7) is 20.4. The maximum Gasteiger partial charge on any atom is 0.0517 e. The number of fused-ring (bicyclic) bond motifs is 12. The van der Waals surface area contributed by atoms with Crippen LogP contribution < -0.4 is 19.6 Å². The van der Waals surface area contributed by atoms with Gasteiger partial charge in [-0.25, -0.2) is 0 Å². The quantitative estimate of drug-likeness (QED) is 0.113. The average molecular weight is 1610 g/mol. The average Bonchev–Trinajstić information content (AvgIpc) is 1.50. The topological polar surface area (TPSA) is 13.0 Å². The van der Waals surface area contributed by atoms with E-state index in [2.05, 4.69) is 403 Å². The van der Waals surface area contributed by atoms with Crippen LogP contribution in [0.2, 0.25) is 0 Å². The van der Waals surface area contributed by atoms with Crippen molar-refractivity contribution in [3.8, 4) is 89.0 Å². The molecule has 8 aliphatic rings. The minimum Gasteiger partial charge on any atom is -0.334 e. The number of benzene rings is 16. The Kier molecular flexibility index (Phi) is 16.8. The van der Waals surface area contributed by atoms with Crippen LogP contribution in [0.25, 0.3) is 121 Å². The van der Waals surface area contributed by atoms with E-state index < -0.39 is 0 Å². The molecule has 4 saturated carbocycles. The summed E-state index contributed by atoms with van der Waals surface area (Å²) >= 11 is 0. The monoisotopic (exact) mass is 1610 g/mol. The van der Waals surface area contributed by atoms with Crippen molar-refractivity contribution in [3.05, 3.63) is 350 Å². The zero-order chi connectivity index (χ0) is 83.4. The molecule has 8 unspecified atom stereocenters. The highest BCUT2D eigenvalue weighted by atomic mass is 15.3. The van der Waals surface area contributed by atoms with Gasteiger partial charge in [-0.1, -0.05) is 297 Å². The van der Waals surface area contributed by atoms with Gasteiger partial charge in [-0.05, 0) is 332 Å². The van der Waals surface area contributed by atoms with Gasteiger partial charge in [0.25, 0.3) is 0 Å². The van der Waals surface area contributed by atoms with E-state index in [0.717, 1.165) is 0 Å². The predicted molar refractivity (Wildman–Crippen MR) is 525 cm³/mol. The molecule has 0 spiro atoms. The molecule has 0 bridgehead atoms. The summed E-state index contributed by atoms with van der Waals surface area (Å²) in [6, 6.07) is 128. The van der Waals surface area contributed by atoms with Crippen molar-refractivity contribution in [1.29, 1.82) is 0 Å². The number of para-hydroxylation sites is 4. The third-order valence-electron chi connectivity index (χ3n) is 34.5. The number of hydrogen-bond acceptors (Lipinski definition) is 4. The first kappa shape index (κ1) is 75.5. The first-order chi connectivity index (χ1) is 60.4. The Hall–Kier alpha value is -12.2. The van der Waals surface area contributed by atoms with Gasteiger partial charge in [-0.15, -0.1) is 0 Å². The lowest BCUT2D eigenvalue weighted by Gasteiger charge is -2.50.